The van der Waals surface area contributed by atoms with Gasteiger partial charge in [0.1, 0.15) is 5.75 Å². The highest BCUT2D eigenvalue weighted by molar-refractivity contribution is 5.46. The molecule has 1 nitrogen and oxygen atoms in total. The quantitative estimate of drug-likeness (QED) is 0.558. The maximum absolute atomic E-state index is 10.2. The van der Waals surface area contributed by atoms with Gasteiger partial charge in [-0.25, -0.2) is 0 Å². The first kappa shape index (κ1) is 18.1. The molecule has 0 atom stereocenters. The minimum atomic E-state index is 0.00497. The lowest BCUT2D eigenvalue weighted by Crippen LogP contribution is -2.12. The molecule has 0 fully saturated rings. The zero-order valence-corrected chi connectivity index (χ0v) is 14.8. The van der Waals surface area contributed by atoms with Gasteiger partial charge in [-0.1, -0.05) is 78.4 Å². The number of hydrogen-bond donors (Lipinski definition) is 1. The third kappa shape index (κ3) is 6.11. The molecule has 0 unspecified atom stereocenters. The summed E-state index contributed by atoms with van der Waals surface area (Å²) in [5.74, 6) is 0.478. The van der Waals surface area contributed by atoms with E-state index in [0.717, 1.165) is 17.5 Å². The Morgan fingerprint density at radius 3 is 2.05 bits per heavy atom. The molecule has 0 radical (unpaired) electrons. The van der Waals surface area contributed by atoms with Crippen molar-refractivity contribution in [3.63, 3.8) is 0 Å². The van der Waals surface area contributed by atoms with Crippen LogP contribution in [0.15, 0.2) is 12.1 Å². The summed E-state index contributed by atoms with van der Waals surface area (Å²) in [7, 11) is 0. The van der Waals surface area contributed by atoms with E-state index in [1.165, 1.54) is 50.5 Å². The third-order valence-electron chi connectivity index (χ3n) is 4.24. The zero-order chi connectivity index (χ0) is 15.9. The summed E-state index contributed by atoms with van der Waals surface area (Å²) < 4.78 is 0. The molecular formula is C20H34O. The summed E-state index contributed by atoms with van der Waals surface area (Å²) in [6.45, 7) is 10.8. The largest absolute Gasteiger partial charge is 0.507 e. The SMILES string of the molecule is CCCCCCCCCc1cc(C)c(O)c(C(C)(C)C)c1. The number of rotatable bonds is 8. The summed E-state index contributed by atoms with van der Waals surface area (Å²) >= 11 is 0. The Hall–Kier alpha value is -0.980. The van der Waals surface area contributed by atoms with Crippen molar-refractivity contribution in [3.05, 3.63) is 28.8 Å². The maximum Gasteiger partial charge on any atom is 0.122 e. The number of unbranched alkanes of at least 4 members (excludes halogenated alkanes) is 6. The summed E-state index contributed by atoms with van der Waals surface area (Å²) in [5.41, 5.74) is 3.48. The van der Waals surface area contributed by atoms with Gasteiger partial charge in [-0.05, 0) is 41.9 Å². The first-order valence-electron chi connectivity index (χ1n) is 8.69. The number of phenolic OH excluding ortho intramolecular Hbond substituents is 1. The summed E-state index contributed by atoms with van der Waals surface area (Å²) in [5, 5.41) is 10.2. The molecular weight excluding hydrogens is 256 g/mol. The minimum Gasteiger partial charge on any atom is -0.507 e. The van der Waals surface area contributed by atoms with Crippen molar-refractivity contribution < 1.29 is 5.11 Å². The molecule has 21 heavy (non-hydrogen) atoms. The van der Waals surface area contributed by atoms with Gasteiger partial charge in [0.2, 0.25) is 0 Å². The van der Waals surface area contributed by atoms with Crippen LogP contribution in [-0.2, 0) is 11.8 Å². The highest BCUT2D eigenvalue weighted by Gasteiger charge is 2.19. The third-order valence-corrected chi connectivity index (χ3v) is 4.24. The van der Waals surface area contributed by atoms with Crippen LogP contribution in [0.25, 0.3) is 0 Å². The second-order valence-electron chi connectivity index (χ2n) is 7.43. The van der Waals surface area contributed by atoms with Crippen molar-refractivity contribution in [1.29, 1.82) is 0 Å². The van der Waals surface area contributed by atoms with Crippen LogP contribution in [0.3, 0.4) is 0 Å². The molecule has 0 saturated heterocycles. The van der Waals surface area contributed by atoms with E-state index in [1.807, 2.05) is 6.92 Å². The van der Waals surface area contributed by atoms with Gasteiger partial charge < -0.3 is 5.11 Å². The highest BCUT2D eigenvalue weighted by Crippen LogP contribution is 2.34. The van der Waals surface area contributed by atoms with E-state index in [2.05, 4.69) is 39.8 Å². The number of benzene rings is 1. The van der Waals surface area contributed by atoms with Crippen molar-refractivity contribution in [2.75, 3.05) is 0 Å². The highest BCUT2D eigenvalue weighted by atomic mass is 16.3. The molecule has 1 N–H and O–H groups in total. The van der Waals surface area contributed by atoms with Crippen LogP contribution in [0.1, 0.15) is 89.3 Å². The molecule has 1 rings (SSSR count). The van der Waals surface area contributed by atoms with Crippen molar-refractivity contribution in [3.8, 4) is 5.75 Å². The van der Waals surface area contributed by atoms with Gasteiger partial charge in [-0.3, -0.25) is 0 Å². The molecule has 0 aliphatic heterocycles. The number of hydrogen-bond acceptors (Lipinski definition) is 1. The predicted octanol–water partition coefficient (Wildman–Crippen LogP) is 6.29. The predicted molar refractivity (Wildman–Crippen MR) is 93.2 cm³/mol. The Labute approximate surface area is 131 Å². The molecule has 0 aliphatic carbocycles. The normalized spacial score (nSPS) is 11.9. The van der Waals surface area contributed by atoms with Crippen LogP contribution >= 0.6 is 0 Å². The van der Waals surface area contributed by atoms with Crippen LogP contribution in [0, 0.1) is 6.92 Å². The molecule has 120 valence electrons. The molecule has 1 heteroatoms. The van der Waals surface area contributed by atoms with Gasteiger partial charge in [0, 0.05) is 0 Å². The smallest absolute Gasteiger partial charge is 0.122 e. The fourth-order valence-electron chi connectivity index (χ4n) is 2.86. The van der Waals surface area contributed by atoms with E-state index in [0.29, 0.717) is 5.75 Å². The Kier molecular flexibility index (Phi) is 7.28. The van der Waals surface area contributed by atoms with E-state index < -0.39 is 0 Å². The van der Waals surface area contributed by atoms with Crippen molar-refractivity contribution in [2.24, 2.45) is 0 Å². The Morgan fingerprint density at radius 1 is 0.905 bits per heavy atom. The molecule has 0 bridgehead atoms. The van der Waals surface area contributed by atoms with Crippen LogP contribution in [0.5, 0.6) is 5.75 Å². The van der Waals surface area contributed by atoms with Crippen LogP contribution in [-0.4, -0.2) is 5.11 Å². The Balaban J connectivity index is 2.51. The molecule has 0 spiro atoms. The molecule has 0 heterocycles. The molecule has 0 amide bonds. The monoisotopic (exact) mass is 290 g/mol. The Morgan fingerprint density at radius 2 is 1.48 bits per heavy atom. The van der Waals surface area contributed by atoms with E-state index in [1.54, 1.807) is 0 Å². The van der Waals surface area contributed by atoms with Gasteiger partial charge >= 0.3 is 0 Å². The second kappa shape index (κ2) is 8.46. The average molecular weight is 290 g/mol. The maximum atomic E-state index is 10.2. The summed E-state index contributed by atoms with van der Waals surface area (Å²) in [4.78, 5) is 0. The van der Waals surface area contributed by atoms with Crippen molar-refractivity contribution in [2.45, 2.75) is 91.4 Å². The van der Waals surface area contributed by atoms with Gasteiger partial charge in [0.05, 0.1) is 0 Å². The number of aromatic hydroxyl groups is 1. The lowest BCUT2D eigenvalue weighted by Gasteiger charge is -2.22. The van der Waals surface area contributed by atoms with E-state index in [9.17, 15) is 5.11 Å². The van der Waals surface area contributed by atoms with Crippen LogP contribution in [0.2, 0.25) is 0 Å². The average Bonchev–Trinajstić information content (AvgIpc) is 2.40. The van der Waals surface area contributed by atoms with E-state index in [4.69, 9.17) is 0 Å². The molecule has 1 aromatic rings. The molecule has 0 aliphatic rings. The topological polar surface area (TPSA) is 20.2 Å². The van der Waals surface area contributed by atoms with Crippen molar-refractivity contribution in [1.82, 2.24) is 0 Å². The van der Waals surface area contributed by atoms with Crippen LogP contribution < -0.4 is 0 Å². The van der Waals surface area contributed by atoms with Gasteiger partial charge in [-0.15, -0.1) is 0 Å². The van der Waals surface area contributed by atoms with E-state index in [-0.39, 0.29) is 5.41 Å². The number of aryl methyl sites for hydroxylation is 2. The first-order valence-corrected chi connectivity index (χ1v) is 8.69. The second-order valence-corrected chi connectivity index (χ2v) is 7.43. The lowest BCUT2D eigenvalue weighted by molar-refractivity contribution is 0.442. The van der Waals surface area contributed by atoms with Gasteiger partial charge in [0.25, 0.3) is 0 Å². The molecule has 1 aromatic carbocycles. The van der Waals surface area contributed by atoms with Gasteiger partial charge in [0.15, 0.2) is 0 Å². The van der Waals surface area contributed by atoms with Crippen LogP contribution in [0.4, 0.5) is 0 Å². The fraction of sp³-hybridized carbons (Fsp3) is 0.700. The zero-order valence-electron chi connectivity index (χ0n) is 14.8. The lowest BCUT2D eigenvalue weighted by atomic mass is 9.83. The standard InChI is InChI=1S/C20H34O/c1-6-7-8-9-10-11-12-13-17-14-16(2)19(21)18(15-17)20(3,4)5/h14-15,21H,6-13H2,1-5H3. The summed E-state index contributed by atoms with van der Waals surface area (Å²) in [6.07, 6.45) is 10.6. The molecule has 0 saturated carbocycles. The van der Waals surface area contributed by atoms with E-state index >= 15 is 0 Å². The first-order chi connectivity index (χ1) is 9.86. The van der Waals surface area contributed by atoms with Crippen molar-refractivity contribution >= 4 is 0 Å². The summed E-state index contributed by atoms with van der Waals surface area (Å²) in [6, 6.07) is 4.36. The Bertz CT molecular complexity index is 426. The molecule has 0 aromatic heterocycles. The van der Waals surface area contributed by atoms with Gasteiger partial charge in [-0.2, -0.15) is 0 Å². The fourth-order valence-corrected chi connectivity index (χ4v) is 2.86. The minimum absolute atomic E-state index is 0.00497. The number of phenols is 1.